The molecule has 2 aromatic carbocycles. The Balaban J connectivity index is 2.48. The molecule has 7 heteroatoms. The van der Waals surface area contributed by atoms with Crippen molar-refractivity contribution in [2.24, 2.45) is 0 Å². The monoisotopic (exact) mass is 315 g/mol. The van der Waals surface area contributed by atoms with E-state index >= 15 is 0 Å². The van der Waals surface area contributed by atoms with Gasteiger partial charge in [0.25, 0.3) is 0 Å². The van der Waals surface area contributed by atoms with Gasteiger partial charge in [0.15, 0.2) is 0 Å². The van der Waals surface area contributed by atoms with E-state index in [0.717, 1.165) is 12.1 Å². The summed E-state index contributed by atoms with van der Waals surface area (Å²) in [7, 11) is 0. The summed E-state index contributed by atoms with van der Waals surface area (Å²) >= 11 is 5.59. The highest BCUT2D eigenvalue weighted by Gasteiger charge is 2.34. The summed E-state index contributed by atoms with van der Waals surface area (Å²) in [4.78, 5) is 11.1. The van der Waals surface area contributed by atoms with Gasteiger partial charge in [0.1, 0.15) is 0 Å². The second-order valence-corrected chi connectivity index (χ2v) is 4.60. The second kappa shape index (κ2) is 5.65. The number of para-hydroxylation sites is 1. The highest BCUT2D eigenvalue weighted by molar-refractivity contribution is 6.30. The molecule has 0 saturated carbocycles. The van der Waals surface area contributed by atoms with Crippen LogP contribution in [-0.2, 0) is 6.18 Å². The number of benzene rings is 2. The number of aromatic carboxylic acids is 1. The largest absolute Gasteiger partial charge is 0.478 e. The Bertz CT molecular complexity index is 686. The first-order valence-corrected chi connectivity index (χ1v) is 6.13. The lowest BCUT2D eigenvalue weighted by Gasteiger charge is -2.16. The average Bonchev–Trinajstić information content (AvgIpc) is 2.40. The van der Waals surface area contributed by atoms with Gasteiger partial charge in [-0.2, -0.15) is 13.2 Å². The van der Waals surface area contributed by atoms with Crippen molar-refractivity contribution in [3.8, 4) is 0 Å². The molecule has 0 heterocycles. The predicted octanol–water partition coefficient (Wildman–Crippen LogP) is 4.80. The van der Waals surface area contributed by atoms with E-state index in [1.807, 2.05) is 0 Å². The third-order valence-electron chi connectivity index (χ3n) is 2.71. The third kappa shape index (κ3) is 3.46. The van der Waals surface area contributed by atoms with Crippen LogP contribution >= 0.6 is 11.6 Å². The molecule has 0 fully saturated rings. The fraction of sp³-hybridized carbons (Fsp3) is 0.0714. The zero-order valence-electron chi connectivity index (χ0n) is 10.4. The number of hydrogen-bond acceptors (Lipinski definition) is 2. The predicted molar refractivity (Wildman–Crippen MR) is 73.1 cm³/mol. The van der Waals surface area contributed by atoms with Gasteiger partial charge in [-0.3, -0.25) is 0 Å². The van der Waals surface area contributed by atoms with E-state index in [0.29, 0.717) is 0 Å². The summed E-state index contributed by atoms with van der Waals surface area (Å²) in [5.41, 5.74) is -1.28. The molecule has 0 aliphatic carbocycles. The van der Waals surface area contributed by atoms with Crippen LogP contribution in [0.15, 0.2) is 42.5 Å². The van der Waals surface area contributed by atoms with Gasteiger partial charge in [0.2, 0.25) is 0 Å². The lowest BCUT2D eigenvalue weighted by molar-refractivity contribution is -0.136. The molecule has 2 rings (SSSR count). The summed E-state index contributed by atoms with van der Waals surface area (Å²) in [5.74, 6) is -1.24. The number of nitrogens with one attached hydrogen (secondary N) is 1. The van der Waals surface area contributed by atoms with E-state index < -0.39 is 17.7 Å². The van der Waals surface area contributed by atoms with Gasteiger partial charge in [-0.25, -0.2) is 4.79 Å². The number of carboxylic acid groups (broad SMARTS) is 1. The van der Waals surface area contributed by atoms with E-state index in [1.54, 1.807) is 0 Å². The summed E-state index contributed by atoms with van der Waals surface area (Å²) in [5, 5.41) is 11.5. The Labute approximate surface area is 123 Å². The number of halogens is 4. The minimum absolute atomic E-state index is 0.0561. The molecule has 110 valence electrons. The lowest BCUT2D eigenvalue weighted by atomic mass is 10.1. The fourth-order valence-electron chi connectivity index (χ4n) is 1.78. The quantitative estimate of drug-likeness (QED) is 0.855. The van der Waals surface area contributed by atoms with Gasteiger partial charge in [0.05, 0.1) is 22.5 Å². The van der Waals surface area contributed by atoms with Crippen LogP contribution in [-0.4, -0.2) is 11.1 Å². The van der Waals surface area contributed by atoms with Gasteiger partial charge in [-0.05, 0) is 30.3 Å². The number of rotatable bonds is 3. The van der Waals surface area contributed by atoms with Crippen molar-refractivity contribution in [1.82, 2.24) is 0 Å². The molecule has 0 radical (unpaired) electrons. The molecule has 0 aliphatic heterocycles. The molecule has 3 nitrogen and oxygen atoms in total. The lowest BCUT2D eigenvalue weighted by Crippen LogP contribution is -2.10. The Morgan fingerprint density at radius 2 is 1.76 bits per heavy atom. The molecule has 0 spiro atoms. The van der Waals surface area contributed by atoms with Crippen LogP contribution in [0.3, 0.4) is 0 Å². The number of hydrogen-bond donors (Lipinski definition) is 2. The molecule has 2 aromatic rings. The van der Waals surface area contributed by atoms with E-state index in [9.17, 15) is 18.0 Å². The summed E-state index contributed by atoms with van der Waals surface area (Å²) < 4.78 is 38.9. The van der Waals surface area contributed by atoms with Crippen molar-refractivity contribution in [2.75, 3.05) is 5.32 Å². The maximum atomic E-state index is 13.0. The topological polar surface area (TPSA) is 49.3 Å². The van der Waals surface area contributed by atoms with E-state index in [-0.39, 0.29) is 22.0 Å². The first kappa shape index (κ1) is 15.2. The van der Waals surface area contributed by atoms with Gasteiger partial charge in [-0.15, -0.1) is 0 Å². The van der Waals surface area contributed by atoms with Crippen molar-refractivity contribution in [2.45, 2.75) is 6.18 Å². The molecule has 0 aliphatic rings. The molecule has 0 amide bonds. The SMILES string of the molecule is O=C(O)c1ccccc1Nc1ccc(Cl)cc1C(F)(F)F. The normalized spacial score (nSPS) is 11.2. The van der Waals surface area contributed by atoms with Crippen LogP contribution in [0.25, 0.3) is 0 Å². The van der Waals surface area contributed by atoms with Crippen LogP contribution in [0.5, 0.6) is 0 Å². The van der Waals surface area contributed by atoms with Crippen LogP contribution in [0.4, 0.5) is 24.5 Å². The summed E-state index contributed by atoms with van der Waals surface area (Å²) in [6, 6.07) is 8.94. The molecule has 0 saturated heterocycles. The van der Waals surface area contributed by atoms with Gasteiger partial charge < -0.3 is 10.4 Å². The van der Waals surface area contributed by atoms with Crippen molar-refractivity contribution < 1.29 is 23.1 Å². The molecular weight excluding hydrogens is 307 g/mol. The second-order valence-electron chi connectivity index (χ2n) is 4.16. The van der Waals surface area contributed by atoms with Crippen molar-refractivity contribution in [3.05, 3.63) is 58.6 Å². The van der Waals surface area contributed by atoms with Crippen LogP contribution in [0.2, 0.25) is 5.02 Å². The standard InChI is InChI=1S/C14H9ClF3NO2/c15-8-5-6-12(10(7-8)14(16,17)18)19-11-4-2-1-3-9(11)13(20)21/h1-7,19H,(H,20,21). The number of anilines is 2. The van der Waals surface area contributed by atoms with E-state index in [1.165, 1.54) is 30.3 Å². The molecule has 0 unspecified atom stereocenters. The number of alkyl halides is 3. The first-order chi connectivity index (χ1) is 9.79. The Morgan fingerprint density at radius 3 is 2.38 bits per heavy atom. The van der Waals surface area contributed by atoms with E-state index in [4.69, 9.17) is 16.7 Å². The Morgan fingerprint density at radius 1 is 1.10 bits per heavy atom. The van der Waals surface area contributed by atoms with Crippen molar-refractivity contribution in [3.63, 3.8) is 0 Å². The molecule has 0 aromatic heterocycles. The van der Waals surface area contributed by atoms with E-state index in [2.05, 4.69) is 5.32 Å². The highest BCUT2D eigenvalue weighted by atomic mass is 35.5. The number of carboxylic acids is 1. The Kier molecular flexibility index (Phi) is 4.09. The molecule has 0 atom stereocenters. The van der Waals surface area contributed by atoms with Crippen molar-refractivity contribution in [1.29, 1.82) is 0 Å². The fourth-order valence-corrected chi connectivity index (χ4v) is 1.96. The van der Waals surface area contributed by atoms with Crippen LogP contribution in [0.1, 0.15) is 15.9 Å². The summed E-state index contributed by atoms with van der Waals surface area (Å²) in [6.07, 6.45) is -4.61. The zero-order valence-corrected chi connectivity index (χ0v) is 11.2. The zero-order chi connectivity index (χ0) is 15.6. The minimum atomic E-state index is -4.61. The van der Waals surface area contributed by atoms with Gasteiger partial charge in [-0.1, -0.05) is 23.7 Å². The Hall–Kier alpha value is -2.21. The van der Waals surface area contributed by atoms with Crippen LogP contribution < -0.4 is 5.32 Å². The average molecular weight is 316 g/mol. The minimum Gasteiger partial charge on any atom is -0.478 e. The molecule has 2 N–H and O–H groups in total. The maximum absolute atomic E-state index is 13.0. The first-order valence-electron chi connectivity index (χ1n) is 5.75. The van der Waals surface area contributed by atoms with Gasteiger partial charge in [0, 0.05) is 5.02 Å². The van der Waals surface area contributed by atoms with Gasteiger partial charge >= 0.3 is 12.1 Å². The van der Waals surface area contributed by atoms with Crippen molar-refractivity contribution >= 4 is 28.9 Å². The highest BCUT2D eigenvalue weighted by Crippen LogP contribution is 2.38. The molecule has 0 bridgehead atoms. The maximum Gasteiger partial charge on any atom is 0.418 e. The third-order valence-corrected chi connectivity index (χ3v) is 2.95. The summed E-state index contributed by atoms with van der Waals surface area (Å²) in [6.45, 7) is 0. The molecular formula is C14H9ClF3NO2. The smallest absolute Gasteiger partial charge is 0.418 e. The molecule has 21 heavy (non-hydrogen) atoms. The number of carbonyl (C=O) groups is 1. The van der Waals surface area contributed by atoms with Crippen LogP contribution in [0, 0.1) is 0 Å².